The Bertz CT molecular complexity index is 435. The van der Waals surface area contributed by atoms with Crippen molar-refractivity contribution < 1.29 is 4.79 Å². The molecule has 1 rings (SSSR count). The van der Waals surface area contributed by atoms with Crippen LogP contribution in [0.5, 0.6) is 0 Å². The minimum Gasteiger partial charge on any atom is -0.377 e. The van der Waals surface area contributed by atoms with E-state index in [0.29, 0.717) is 6.42 Å². The molecule has 0 aliphatic heterocycles. The topological polar surface area (TPSA) is 58.4 Å². The van der Waals surface area contributed by atoms with E-state index in [4.69, 9.17) is 5.73 Å². The van der Waals surface area contributed by atoms with E-state index in [1.807, 2.05) is 50.4 Å². The van der Waals surface area contributed by atoms with Crippen LogP contribution < -0.4 is 16.0 Å². The summed E-state index contributed by atoms with van der Waals surface area (Å²) >= 11 is 1.70. The average Bonchev–Trinajstić information content (AvgIpc) is 2.37. The van der Waals surface area contributed by atoms with E-state index in [2.05, 4.69) is 5.32 Å². The highest BCUT2D eigenvalue weighted by atomic mass is 32.2. The van der Waals surface area contributed by atoms with Gasteiger partial charge in [-0.15, -0.1) is 0 Å². The number of benzene rings is 1. The van der Waals surface area contributed by atoms with Gasteiger partial charge < -0.3 is 16.0 Å². The van der Waals surface area contributed by atoms with Crippen molar-refractivity contribution in [3.8, 4) is 0 Å². The zero-order valence-electron chi connectivity index (χ0n) is 12.1. The SMILES string of the molecule is CSCC[C@@H](N)C(=O)Nc1ccc(C)c(N(C)C)c1. The first-order valence-corrected chi connectivity index (χ1v) is 7.68. The number of thioether (sulfide) groups is 1. The fraction of sp³-hybridized carbons (Fsp3) is 0.500. The highest BCUT2D eigenvalue weighted by Crippen LogP contribution is 2.22. The molecule has 1 aromatic rings. The summed E-state index contributed by atoms with van der Waals surface area (Å²) in [6, 6.07) is 5.42. The first kappa shape index (κ1) is 15.9. The summed E-state index contributed by atoms with van der Waals surface area (Å²) in [5, 5.41) is 2.87. The van der Waals surface area contributed by atoms with Crippen molar-refractivity contribution >= 4 is 29.0 Å². The summed E-state index contributed by atoms with van der Waals surface area (Å²) in [5.41, 5.74) is 8.90. The fourth-order valence-electron chi connectivity index (χ4n) is 1.78. The van der Waals surface area contributed by atoms with E-state index < -0.39 is 6.04 Å². The predicted octanol–water partition coefficient (Wildman–Crippen LogP) is 2.08. The van der Waals surface area contributed by atoms with Gasteiger partial charge in [0.25, 0.3) is 0 Å². The van der Waals surface area contributed by atoms with Crippen molar-refractivity contribution in [2.75, 3.05) is 36.3 Å². The molecule has 1 amide bonds. The second kappa shape index (κ2) is 7.40. The third kappa shape index (κ3) is 4.76. The molecule has 4 nitrogen and oxygen atoms in total. The monoisotopic (exact) mass is 281 g/mol. The lowest BCUT2D eigenvalue weighted by Gasteiger charge is -2.18. The molecule has 0 saturated heterocycles. The molecule has 1 aromatic carbocycles. The molecule has 0 aromatic heterocycles. The van der Waals surface area contributed by atoms with Crippen molar-refractivity contribution in [3.63, 3.8) is 0 Å². The molecule has 0 saturated carbocycles. The van der Waals surface area contributed by atoms with Crippen LogP contribution in [-0.4, -0.2) is 38.1 Å². The Morgan fingerprint density at radius 3 is 2.74 bits per heavy atom. The van der Waals surface area contributed by atoms with Gasteiger partial charge in [-0.05, 0) is 43.0 Å². The molecule has 0 spiro atoms. The van der Waals surface area contributed by atoms with Crippen molar-refractivity contribution in [3.05, 3.63) is 23.8 Å². The second-order valence-electron chi connectivity index (χ2n) is 4.77. The standard InChI is InChI=1S/C14H23N3OS/c1-10-5-6-11(9-13(10)17(2)3)16-14(18)12(15)7-8-19-4/h5-6,9,12H,7-8,15H2,1-4H3,(H,16,18)/t12-/m1/s1. The van der Waals surface area contributed by atoms with Gasteiger partial charge in [-0.3, -0.25) is 4.79 Å². The fourth-order valence-corrected chi connectivity index (χ4v) is 2.27. The van der Waals surface area contributed by atoms with Crippen LogP contribution in [0.15, 0.2) is 18.2 Å². The maximum atomic E-state index is 11.9. The number of carbonyl (C=O) groups excluding carboxylic acids is 1. The predicted molar refractivity (Wildman–Crippen MR) is 85.1 cm³/mol. The number of aryl methyl sites for hydroxylation is 1. The van der Waals surface area contributed by atoms with Crippen LogP contribution >= 0.6 is 11.8 Å². The highest BCUT2D eigenvalue weighted by Gasteiger charge is 2.13. The summed E-state index contributed by atoms with van der Waals surface area (Å²) in [6.45, 7) is 2.05. The molecular weight excluding hydrogens is 258 g/mol. The molecule has 19 heavy (non-hydrogen) atoms. The first-order chi connectivity index (χ1) is 8.95. The number of nitrogens with one attached hydrogen (secondary N) is 1. The van der Waals surface area contributed by atoms with Crippen molar-refractivity contribution in [1.29, 1.82) is 0 Å². The van der Waals surface area contributed by atoms with Crippen molar-refractivity contribution in [2.24, 2.45) is 5.73 Å². The van der Waals surface area contributed by atoms with E-state index in [0.717, 1.165) is 17.1 Å². The minimum absolute atomic E-state index is 0.123. The number of hydrogen-bond donors (Lipinski definition) is 2. The number of carbonyl (C=O) groups is 1. The number of anilines is 2. The largest absolute Gasteiger partial charge is 0.377 e. The number of amides is 1. The molecule has 0 radical (unpaired) electrons. The molecule has 3 N–H and O–H groups in total. The number of nitrogens with zero attached hydrogens (tertiary/aromatic N) is 1. The smallest absolute Gasteiger partial charge is 0.241 e. The molecule has 0 bridgehead atoms. The maximum Gasteiger partial charge on any atom is 0.241 e. The molecule has 0 unspecified atom stereocenters. The second-order valence-corrected chi connectivity index (χ2v) is 5.76. The van der Waals surface area contributed by atoms with Crippen molar-refractivity contribution in [1.82, 2.24) is 0 Å². The van der Waals surface area contributed by atoms with E-state index in [1.54, 1.807) is 11.8 Å². The Hall–Kier alpha value is -1.20. The van der Waals surface area contributed by atoms with Gasteiger partial charge in [0.2, 0.25) is 5.91 Å². The maximum absolute atomic E-state index is 11.9. The Kier molecular flexibility index (Phi) is 6.18. The van der Waals surface area contributed by atoms with Gasteiger partial charge in [0.05, 0.1) is 6.04 Å². The molecule has 5 heteroatoms. The zero-order valence-corrected chi connectivity index (χ0v) is 12.9. The van der Waals surface area contributed by atoms with E-state index in [9.17, 15) is 4.79 Å². The van der Waals surface area contributed by atoms with E-state index >= 15 is 0 Å². The zero-order chi connectivity index (χ0) is 14.4. The molecular formula is C14H23N3OS. The third-order valence-corrected chi connectivity index (χ3v) is 3.57. The van der Waals surface area contributed by atoms with Gasteiger partial charge in [0, 0.05) is 25.5 Å². The number of hydrogen-bond acceptors (Lipinski definition) is 4. The summed E-state index contributed by atoms with van der Waals surface area (Å²) in [7, 11) is 3.97. The van der Waals surface area contributed by atoms with E-state index in [1.165, 1.54) is 5.56 Å². The molecule has 0 aliphatic carbocycles. The van der Waals surface area contributed by atoms with E-state index in [-0.39, 0.29) is 5.91 Å². The summed E-state index contributed by atoms with van der Waals surface area (Å²) < 4.78 is 0. The lowest BCUT2D eigenvalue weighted by Crippen LogP contribution is -2.36. The lowest BCUT2D eigenvalue weighted by molar-refractivity contribution is -0.117. The molecule has 0 heterocycles. The normalized spacial score (nSPS) is 12.1. The van der Waals surface area contributed by atoms with Gasteiger partial charge in [-0.2, -0.15) is 11.8 Å². The number of rotatable bonds is 6. The van der Waals surface area contributed by atoms with Crippen LogP contribution in [0.4, 0.5) is 11.4 Å². The van der Waals surface area contributed by atoms with Gasteiger partial charge in [0.1, 0.15) is 0 Å². The minimum atomic E-state index is -0.448. The summed E-state index contributed by atoms with van der Waals surface area (Å²) in [6.07, 6.45) is 2.70. The Morgan fingerprint density at radius 2 is 2.16 bits per heavy atom. The van der Waals surface area contributed by atoms with Gasteiger partial charge >= 0.3 is 0 Å². The van der Waals surface area contributed by atoms with Crippen LogP contribution in [-0.2, 0) is 4.79 Å². The molecule has 0 aliphatic rings. The third-order valence-electron chi connectivity index (χ3n) is 2.93. The molecule has 1 atom stereocenters. The van der Waals surface area contributed by atoms with Crippen molar-refractivity contribution in [2.45, 2.75) is 19.4 Å². The average molecular weight is 281 g/mol. The Morgan fingerprint density at radius 1 is 1.47 bits per heavy atom. The Balaban J connectivity index is 2.71. The van der Waals surface area contributed by atoms with Crippen LogP contribution in [0.3, 0.4) is 0 Å². The number of nitrogens with two attached hydrogens (primary N) is 1. The molecule has 0 fully saturated rings. The van der Waals surface area contributed by atoms with Crippen LogP contribution in [0.25, 0.3) is 0 Å². The van der Waals surface area contributed by atoms with Gasteiger partial charge in [-0.25, -0.2) is 0 Å². The summed E-state index contributed by atoms with van der Waals surface area (Å²) in [5.74, 6) is 0.772. The van der Waals surface area contributed by atoms with Crippen LogP contribution in [0.1, 0.15) is 12.0 Å². The van der Waals surface area contributed by atoms with Gasteiger partial charge in [-0.1, -0.05) is 6.07 Å². The van der Waals surface area contributed by atoms with Crippen LogP contribution in [0.2, 0.25) is 0 Å². The Labute approximate surface area is 119 Å². The highest BCUT2D eigenvalue weighted by molar-refractivity contribution is 7.98. The van der Waals surface area contributed by atoms with Crippen LogP contribution in [0, 0.1) is 6.92 Å². The molecule has 106 valence electrons. The first-order valence-electron chi connectivity index (χ1n) is 6.29. The van der Waals surface area contributed by atoms with Gasteiger partial charge in [0.15, 0.2) is 0 Å². The quantitative estimate of drug-likeness (QED) is 0.838. The summed E-state index contributed by atoms with van der Waals surface area (Å²) in [4.78, 5) is 14.0. The lowest BCUT2D eigenvalue weighted by atomic mass is 10.1.